The standard InChI is InChI=1S/C56H85N5O15/c1-10-43(64)37(6)51-45(73-51)32-55(8,71)24-13-14-35(4)50-36(5)17-22-46(56(9,76-38(7)62)25-23-41(63)31-48(67)75-50)74-54(70)61-28-26-60(27-29-61)53(69)72-33-40-20-18-39(19-21-40)30-44(65)42(15-11-12-16-47(57)66)59-52(68)49(58)34(2)3/h13-14,17-22,24,34,36-37,41-43,45-46,49-51,63-64,71H,10-12,15-16,23,25-33,58H2,1-9H3,(H2,57,66)(H,59,68)/b22-17+,24-13+,35-14+/t36-,37+,41+,42-,43-,45+,46-,49-,50+,51+,55-,56+/m0/s1. The molecule has 8 N–H and O–H groups in total. The van der Waals surface area contributed by atoms with E-state index in [-0.39, 0.29) is 94.7 Å². The minimum atomic E-state index is -1.47. The number of epoxide rings is 1. The largest absolute Gasteiger partial charge is 0.457 e. The number of hydrogen-bond donors (Lipinski definition) is 6. The monoisotopic (exact) mass is 1070 g/mol. The van der Waals surface area contributed by atoms with Crippen LogP contribution in [0.4, 0.5) is 9.59 Å². The molecule has 424 valence electrons. The number of rotatable bonds is 23. The van der Waals surface area contributed by atoms with E-state index < -0.39 is 89.6 Å². The van der Waals surface area contributed by atoms with Gasteiger partial charge in [-0.2, -0.15) is 0 Å². The summed E-state index contributed by atoms with van der Waals surface area (Å²) in [6.07, 6.45) is 5.08. The zero-order valence-electron chi connectivity index (χ0n) is 45.9. The predicted octanol–water partition coefficient (Wildman–Crippen LogP) is 4.86. The summed E-state index contributed by atoms with van der Waals surface area (Å²) in [4.78, 5) is 93.1. The summed E-state index contributed by atoms with van der Waals surface area (Å²) in [5.41, 5.74) is 10.6. The van der Waals surface area contributed by atoms with E-state index in [4.69, 9.17) is 35.2 Å². The second-order valence-corrected chi connectivity index (χ2v) is 21.6. The van der Waals surface area contributed by atoms with Gasteiger partial charge in [-0.05, 0) is 81.6 Å². The van der Waals surface area contributed by atoms with Crippen LogP contribution in [0.15, 0.2) is 60.2 Å². The molecule has 4 amide bonds. The van der Waals surface area contributed by atoms with Crippen LogP contribution in [-0.4, -0.2) is 153 Å². The number of carbonyl (C=O) groups is 7. The van der Waals surface area contributed by atoms with E-state index in [2.05, 4.69) is 5.32 Å². The Balaban J connectivity index is 1.37. The molecule has 0 unspecified atom stereocenters. The number of amides is 4. The number of primary amides is 1. The Kier molecular flexibility index (Phi) is 24.1. The number of nitrogens with zero attached hydrogens (tertiary/aromatic N) is 2. The van der Waals surface area contributed by atoms with E-state index in [0.29, 0.717) is 48.8 Å². The number of carbonyl (C=O) groups excluding carboxylic acids is 7. The average Bonchev–Trinajstić information content (AvgIpc) is 4.12. The first kappa shape index (κ1) is 62.9. The summed E-state index contributed by atoms with van der Waals surface area (Å²) in [5.74, 6) is -3.10. The predicted molar refractivity (Wildman–Crippen MR) is 282 cm³/mol. The zero-order chi connectivity index (χ0) is 56.5. The van der Waals surface area contributed by atoms with Gasteiger partial charge in [0, 0.05) is 64.2 Å². The van der Waals surface area contributed by atoms with Crippen LogP contribution >= 0.6 is 0 Å². The number of ether oxygens (including phenoxy) is 5. The number of nitrogens with two attached hydrogens (primary N) is 2. The number of Topliss-reactive ketones (excluding diaryl/α,β-unsaturated/α-hetero) is 1. The fraction of sp³-hybridized carbons (Fsp3) is 0.661. The third-order valence-corrected chi connectivity index (χ3v) is 14.4. The summed E-state index contributed by atoms with van der Waals surface area (Å²) < 4.78 is 29.2. The maximum atomic E-state index is 13.9. The lowest BCUT2D eigenvalue weighted by atomic mass is 9.88. The quantitative estimate of drug-likeness (QED) is 0.0213. The molecule has 1 aromatic carbocycles. The number of ketones is 1. The number of unbranched alkanes of at least 4 members (excludes halogenated alkanes) is 1. The van der Waals surface area contributed by atoms with Gasteiger partial charge in [0.25, 0.3) is 0 Å². The highest BCUT2D eigenvalue weighted by Crippen LogP contribution is 2.38. The van der Waals surface area contributed by atoms with Gasteiger partial charge in [-0.3, -0.25) is 24.0 Å². The number of aliphatic hydroxyl groups excluding tert-OH is 2. The van der Waals surface area contributed by atoms with Gasteiger partial charge in [0.2, 0.25) is 11.8 Å². The molecule has 3 aliphatic heterocycles. The fourth-order valence-corrected chi connectivity index (χ4v) is 9.33. The van der Waals surface area contributed by atoms with Crippen molar-refractivity contribution >= 4 is 41.7 Å². The normalized spacial score (nSPS) is 26.3. The summed E-state index contributed by atoms with van der Waals surface area (Å²) in [5, 5.41) is 35.2. The average molecular weight is 1070 g/mol. The van der Waals surface area contributed by atoms with Gasteiger partial charge < -0.3 is 65.6 Å². The molecule has 4 rings (SSSR count). The van der Waals surface area contributed by atoms with Gasteiger partial charge in [0.15, 0.2) is 11.9 Å². The van der Waals surface area contributed by atoms with E-state index >= 15 is 0 Å². The van der Waals surface area contributed by atoms with Crippen LogP contribution in [0.1, 0.15) is 131 Å². The highest BCUT2D eigenvalue weighted by Gasteiger charge is 2.47. The van der Waals surface area contributed by atoms with Gasteiger partial charge >= 0.3 is 24.1 Å². The van der Waals surface area contributed by atoms with Crippen molar-refractivity contribution in [1.29, 1.82) is 0 Å². The Morgan fingerprint density at radius 1 is 0.987 bits per heavy atom. The number of nitrogens with one attached hydrogen (secondary N) is 1. The Hall–Kier alpha value is -5.67. The Labute approximate surface area is 447 Å². The number of aliphatic hydroxyl groups is 3. The van der Waals surface area contributed by atoms with Crippen molar-refractivity contribution in [2.75, 3.05) is 26.2 Å². The number of esters is 2. The first-order valence-corrected chi connectivity index (χ1v) is 26.7. The Morgan fingerprint density at radius 3 is 2.22 bits per heavy atom. The zero-order valence-corrected chi connectivity index (χ0v) is 45.9. The summed E-state index contributed by atoms with van der Waals surface area (Å²) in [7, 11) is 0. The molecule has 76 heavy (non-hydrogen) atoms. The van der Waals surface area contributed by atoms with Crippen LogP contribution in [0, 0.1) is 17.8 Å². The smallest absolute Gasteiger partial charge is 0.410 e. The van der Waals surface area contributed by atoms with E-state index in [0.717, 1.165) is 0 Å². The Morgan fingerprint density at radius 2 is 1.62 bits per heavy atom. The molecular weight excluding hydrogens is 983 g/mol. The molecule has 0 bridgehead atoms. The van der Waals surface area contributed by atoms with Gasteiger partial charge in [-0.25, -0.2) is 9.59 Å². The summed E-state index contributed by atoms with van der Waals surface area (Å²) in [6, 6.07) is 5.37. The number of hydrogen-bond acceptors (Lipinski definition) is 16. The van der Waals surface area contributed by atoms with Crippen LogP contribution in [0.5, 0.6) is 0 Å². The van der Waals surface area contributed by atoms with Crippen molar-refractivity contribution in [3.63, 3.8) is 0 Å². The first-order chi connectivity index (χ1) is 35.7. The van der Waals surface area contributed by atoms with Crippen LogP contribution in [0.25, 0.3) is 0 Å². The minimum Gasteiger partial charge on any atom is -0.457 e. The van der Waals surface area contributed by atoms with E-state index in [1.54, 1.807) is 82.3 Å². The maximum Gasteiger partial charge on any atom is 0.410 e. The van der Waals surface area contributed by atoms with E-state index in [1.165, 1.54) is 16.7 Å². The number of piperazine rings is 1. The van der Waals surface area contributed by atoms with Gasteiger partial charge in [-0.1, -0.05) is 89.6 Å². The van der Waals surface area contributed by atoms with Gasteiger partial charge in [0.1, 0.15) is 18.3 Å². The van der Waals surface area contributed by atoms with Crippen LogP contribution < -0.4 is 16.8 Å². The maximum absolute atomic E-state index is 13.9. The molecule has 0 aromatic heterocycles. The van der Waals surface area contributed by atoms with Crippen molar-refractivity contribution < 1.29 is 72.6 Å². The van der Waals surface area contributed by atoms with Crippen molar-refractivity contribution in [3.05, 3.63) is 71.3 Å². The third kappa shape index (κ3) is 20.0. The molecule has 0 aliphatic carbocycles. The molecular formula is C56H85N5O15. The van der Waals surface area contributed by atoms with Crippen LogP contribution in [-0.2, 0) is 60.7 Å². The first-order valence-electron chi connectivity index (χ1n) is 26.7. The second-order valence-electron chi connectivity index (χ2n) is 21.6. The Bertz CT molecular complexity index is 2220. The molecule has 2 fully saturated rings. The molecule has 3 aliphatic rings. The number of allylic oxidation sites excluding steroid dienone is 2. The molecule has 0 saturated carbocycles. The fourth-order valence-electron chi connectivity index (χ4n) is 9.33. The molecule has 12 atom stereocenters. The summed E-state index contributed by atoms with van der Waals surface area (Å²) >= 11 is 0. The topological polar surface area (TPSA) is 300 Å². The number of benzene rings is 1. The van der Waals surface area contributed by atoms with Crippen molar-refractivity contribution in [2.45, 2.75) is 193 Å². The summed E-state index contributed by atoms with van der Waals surface area (Å²) in [6.45, 7) is 15.9. The lowest BCUT2D eigenvalue weighted by Crippen LogP contribution is -2.53. The van der Waals surface area contributed by atoms with Crippen LogP contribution in [0.2, 0.25) is 0 Å². The molecule has 1 aromatic rings. The SMILES string of the molecule is CC[C@H](O)[C@@H](C)[C@H]1O[C@@H]1C[C@@](C)(O)/C=C/C=C(\C)[C@H]1OC(=O)C[C@H](O)CC[C@@](C)(OC(C)=O)[C@@H](OC(=O)N2CCN(C(=O)OCc3ccc(CC(=O)[C@H](CCCCC(N)=O)NC(=O)[C@@H](N)C(C)C)cc3)CC2)/C=C/[C@@H]1C. The lowest BCUT2D eigenvalue weighted by molar-refractivity contribution is -0.168. The molecule has 20 heteroatoms. The van der Waals surface area contributed by atoms with Gasteiger partial charge in [0.05, 0.1) is 48.5 Å². The van der Waals surface area contributed by atoms with Crippen molar-refractivity contribution in [2.24, 2.45) is 29.2 Å². The molecule has 3 heterocycles. The second kappa shape index (κ2) is 29.2. The van der Waals surface area contributed by atoms with Crippen LogP contribution in [0.3, 0.4) is 0 Å². The minimum absolute atomic E-state index is 0.00227. The third-order valence-electron chi connectivity index (χ3n) is 14.4. The van der Waals surface area contributed by atoms with Gasteiger partial charge in [-0.15, -0.1) is 0 Å². The molecule has 0 radical (unpaired) electrons. The van der Waals surface area contributed by atoms with Crippen molar-refractivity contribution in [3.8, 4) is 0 Å². The highest BCUT2D eigenvalue weighted by atomic mass is 16.6. The van der Waals surface area contributed by atoms with E-state index in [1.807, 2.05) is 27.7 Å². The lowest BCUT2D eigenvalue weighted by Gasteiger charge is -2.38. The van der Waals surface area contributed by atoms with E-state index in [9.17, 15) is 48.9 Å². The molecule has 2 saturated heterocycles. The highest BCUT2D eigenvalue weighted by molar-refractivity contribution is 5.92. The number of cyclic esters (lactones) is 1. The molecule has 20 nitrogen and oxygen atoms in total. The van der Waals surface area contributed by atoms with Crippen molar-refractivity contribution in [1.82, 2.24) is 15.1 Å². The molecule has 0 spiro atoms.